The molecule has 0 bridgehead atoms. The van der Waals surface area contributed by atoms with Crippen LogP contribution in [0.15, 0.2) is 18.2 Å². The molecule has 1 aliphatic carbocycles. The second-order valence-electron chi connectivity index (χ2n) is 5.22. The predicted molar refractivity (Wildman–Crippen MR) is 79.6 cm³/mol. The number of allylic oxidation sites excluding steroid dienone is 2. The third kappa shape index (κ3) is 4.66. The lowest BCUT2D eigenvalue weighted by molar-refractivity contribution is -0.141. The molecule has 11 heteroatoms. The minimum Gasteiger partial charge on any atom is -0.275 e. The van der Waals surface area contributed by atoms with Gasteiger partial charge in [-0.15, -0.1) is 0 Å². The van der Waals surface area contributed by atoms with Crippen LogP contribution in [0.1, 0.15) is 30.7 Å². The summed E-state index contributed by atoms with van der Waals surface area (Å²) < 4.78 is 63.9. The smallest absolute Gasteiger partial charge is 0.275 e. The van der Waals surface area contributed by atoms with Gasteiger partial charge in [-0.05, 0) is 32.3 Å². The van der Waals surface area contributed by atoms with Gasteiger partial charge in [-0.25, -0.2) is 27.9 Å². The monoisotopic (exact) mass is 364 g/mol. The van der Waals surface area contributed by atoms with Crippen molar-refractivity contribution in [3.05, 3.63) is 29.6 Å². The summed E-state index contributed by atoms with van der Waals surface area (Å²) in [6, 6.07) is -0.489. The normalized spacial score (nSPS) is 18.2. The lowest BCUT2D eigenvalue weighted by atomic mass is 10.1. The highest BCUT2D eigenvalue weighted by Gasteiger charge is 2.34. The van der Waals surface area contributed by atoms with Crippen molar-refractivity contribution in [3.8, 4) is 0 Å². The van der Waals surface area contributed by atoms with E-state index in [2.05, 4.69) is 9.97 Å². The van der Waals surface area contributed by atoms with Gasteiger partial charge < -0.3 is 0 Å². The van der Waals surface area contributed by atoms with E-state index in [1.807, 2.05) is 11.4 Å². The van der Waals surface area contributed by atoms with Gasteiger partial charge in [-0.2, -0.15) is 13.2 Å². The van der Waals surface area contributed by atoms with E-state index in [0.29, 0.717) is 18.9 Å². The SMILES string of the molecule is Cc1cc(C(F)(F)F)nc(NC(=O)NS(=O)(=O)C2CC=CCC2)n1. The van der Waals surface area contributed by atoms with Crippen molar-refractivity contribution in [2.24, 2.45) is 0 Å². The van der Waals surface area contributed by atoms with Gasteiger partial charge in [0.1, 0.15) is 5.69 Å². The number of rotatable bonds is 3. The van der Waals surface area contributed by atoms with Crippen molar-refractivity contribution in [1.29, 1.82) is 0 Å². The Morgan fingerprint density at radius 2 is 2.00 bits per heavy atom. The zero-order valence-electron chi connectivity index (χ0n) is 12.6. The molecule has 0 saturated carbocycles. The van der Waals surface area contributed by atoms with Gasteiger partial charge in [-0.3, -0.25) is 5.32 Å². The first-order valence-corrected chi connectivity index (χ1v) is 8.53. The fourth-order valence-corrected chi connectivity index (χ4v) is 3.44. The van der Waals surface area contributed by atoms with E-state index >= 15 is 0 Å². The maximum atomic E-state index is 12.7. The Labute approximate surface area is 136 Å². The standard InChI is InChI=1S/C13H15F3N4O3S/c1-8-7-10(13(14,15)16)18-11(17-8)19-12(21)20-24(22,23)9-5-3-2-4-6-9/h2-3,7,9H,4-6H2,1H3,(H2,17,18,19,20,21). The molecule has 1 atom stereocenters. The molecule has 0 spiro atoms. The third-order valence-corrected chi connectivity index (χ3v) is 5.04. The number of aryl methyl sites for hydroxylation is 1. The number of hydrogen-bond donors (Lipinski definition) is 2. The van der Waals surface area contributed by atoms with Crippen molar-refractivity contribution in [2.45, 2.75) is 37.6 Å². The highest BCUT2D eigenvalue weighted by atomic mass is 32.2. The third-order valence-electron chi connectivity index (χ3n) is 3.26. The second-order valence-corrected chi connectivity index (χ2v) is 7.18. The lowest BCUT2D eigenvalue weighted by Crippen LogP contribution is -2.41. The van der Waals surface area contributed by atoms with Gasteiger partial charge in [0.05, 0.1) is 5.25 Å². The number of nitrogens with one attached hydrogen (secondary N) is 2. The van der Waals surface area contributed by atoms with E-state index in [9.17, 15) is 26.4 Å². The van der Waals surface area contributed by atoms with Gasteiger partial charge in [0.25, 0.3) is 0 Å². The van der Waals surface area contributed by atoms with Gasteiger partial charge in [-0.1, -0.05) is 12.2 Å². The number of sulfonamides is 1. The van der Waals surface area contributed by atoms with Crippen molar-refractivity contribution in [2.75, 3.05) is 5.32 Å². The van der Waals surface area contributed by atoms with E-state index in [1.54, 1.807) is 10.8 Å². The summed E-state index contributed by atoms with van der Waals surface area (Å²) in [5, 5.41) is 1.15. The Bertz CT molecular complexity index is 762. The van der Waals surface area contributed by atoms with E-state index in [-0.39, 0.29) is 12.1 Å². The number of halogens is 3. The maximum Gasteiger partial charge on any atom is 0.433 e. The molecule has 1 aliphatic rings. The molecule has 0 fully saturated rings. The van der Waals surface area contributed by atoms with E-state index in [4.69, 9.17) is 0 Å². The summed E-state index contributed by atoms with van der Waals surface area (Å²) in [6.07, 6.45) is 0.0280. The van der Waals surface area contributed by atoms with Crippen LogP contribution in [-0.2, 0) is 16.2 Å². The molecule has 1 aromatic rings. The molecule has 0 aromatic carbocycles. The Morgan fingerprint density at radius 3 is 2.58 bits per heavy atom. The van der Waals surface area contributed by atoms with Crippen LogP contribution in [0.25, 0.3) is 0 Å². The fraction of sp³-hybridized carbons (Fsp3) is 0.462. The number of alkyl halides is 3. The molecular weight excluding hydrogens is 349 g/mol. The Morgan fingerprint density at radius 1 is 1.29 bits per heavy atom. The second kappa shape index (κ2) is 6.75. The fourth-order valence-electron chi connectivity index (χ4n) is 2.16. The van der Waals surface area contributed by atoms with E-state index in [1.165, 1.54) is 6.92 Å². The number of carbonyl (C=O) groups is 1. The average molecular weight is 364 g/mol. The molecule has 2 amide bonds. The summed E-state index contributed by atoms with van der Waals surface area (Å²) in [7, 11) is -3.94. The highest BCUT2D eigenvalue weighted by molar-refractivity contribution is 7.90. The summed E-state index contributed by atoms with van der Waals surface area (Å²) in [6.45, 7) is 1.30. The van der Waals surface area contributed by atoms with Gasteiger partial charge in [0.15, 0.2) is 0 Å². The summed E-state index contributed by atoms with van der Waals surface area (Å²) in [5.41, 5.74) is -1.25. The summed E-state index contributed by atoms with van der Waals surface area (Å²) >= 11 is 0. The molecule has 24 heavy (non-hydrogen) atoms. The number of amides is 2. The molecule has 0 saturated heterocycles. The van der Waals surface area contributed by atoms with Crippen molar-refractivity contribution < 1.29 is 26.4 Å². The maximum absolute atomic E-state index is 12.7. The van der Waals surface area contributed by atoms with Crippen molar-refractivity contribution in [1.82, 2.24) is 14.7 Å². The van der Waals surface area contributed by atoms with Crippen molar-refractivity contribution in [3.63, 3.8) is 0 Å². The average Bonchev–Trinajstić information content (AvgIpc) is 2.46. The molecular formula is C13H15F3N4O3S. The number of anilines is 1. The molecule has 132 valence electrons. The molecule has 1 aromatic heterocycles. The predicted octanol–water partition coefficient (Wildman–Crippen LogP) is 2.36. The summed E-state index contributed by atoms with van der Waals surface area (Å²) in [5.74, 6) is -0.626. The van der Waals surface area contributed by atoms with Gasteiger partial charge in [0, 0.05) is 5.69 Å². The van der Waals surface area contributed by atoms with Crippen LogP contribution in [0, 0.1) is 6.92 Å². The van der Waals surface area contributed by atoms with Crippen LogP contribution < -0.4 is 10.0 Å². The minimum absolute atomic E-state index is 0.0205. The quantitative estimate of drug-likeness (QED) is 0.802. The Kier molecular flexibility index (Phi) is 5.11. The Hall–Kier alpha value is -2.17. The summed E-state index contributed by atoms with van der Waals surface area (Å²) in [4.78, 5) is 18.6. The molecule has 1 heterocycles. The minimum atomic E-state index is -4.71. The first-order chi connectivity index (χ1) is 11.1. The van der Waals surface area contributed by atoms with Crippen LogP contribution in [0.5, 0.6) is 0 Å². The highest BCUT2D eigenvalue weighted by Crippen LogP contribution is 2.28. The first-order valence-electron chi connectivity index (χ1n) is 6.98. The first kappa shape index (κ1) is 18.2. The Balaban J connectivity index is 2.10. The number of aromatic nitrogens is 2. The van der Waals surface area contributed by atoms with Gasteiger partial charge >= 0.3 is 12.2 Å². The molecule has 1 unspecified atom stereocenters. The zero-order chi connectivity index (χ0) is 18.0. The molecule has 7 nitrogen and oxygen atoms in total. The number of carbonyl (C=O) groups excluding carboxylic acids is 1. The topological polar surface area (TPSA) is 101 Å². The van der Waals surface area contributed by atoms with Crippen LogP contribution in [-0.4, -0.2) is 29.7 Å². The number of hydrogen-bond acceptors (Lipinski definition) is 5. The van der Waals surface area contributed by atoms with Crippen LogP contribution >= 0.6 is 0 Å². The van der Waals surface area contributed by atoms with E-state index < -0.39 is 39.1 Å². The molecule has 0 radical (unpaired) electrons. The van der Waals surface area contributed by atoms with Crippen molar-refractivity contribution >= 4 is 22.0 Å². The lowest BCUT2D eigenvalue weighted by Gasteiger charge is -2.18. The number of urea groups is 1. The largest absolute Gasteiger partial charge is 0.433 e. The molecule has 0 aliphatic heterocycles. The number of nitrogens with zero attached hydrogens (tertiary/aromatic N) is 2. The van der Waals surface area contributed by atoms with Crippen LogP contribution in [0.4, 0.5) is 23.9 Å². The zero-order valence-corrected chi connectivity index (χ0v) is 13.4. The van der Waals surface area contributed by atoms with Crippen LogP contribution in [0.2, 0.25) is 0 Å². The van der Waals surface area contributed by atoms with E-state index in [0.717, 1.165) is 0 Å². The molecule has 2 rings (SSSR count). The van der Waals surface area contributed by atoms with Crippen LogP contribution in [0.3, 0.4) is 0 Å². The van der Waals surface area contributed by atoms with Gasteiger partial charge in [0.2, 0.25) is 16.0 Å². The molecule has 2 N–H and O–H groups in total.